The summed E-state index contributed by atoms with van der Waals surface area (Å²) in [7, 11) is 2.13. The second-order valence-electron chi connectivity index (χ2n) is 4.53. The van der Waals surface area contributed by atoms with E-state index < -0.39 is 0 Å². The van der Waals surface area contributed by atoms with Crippen LogP contribution in [0.2, 0.25) is 0 Å². The molecule has 1 aromatic heterocycles. The largest absolute Gasteiger partial charge is 0.465 e. The van der Waals surface area contributed by atoms with Crippen LogP contribution < -0.4 is 5.73 Å². The zero-order valence-corrected chi connectivity index (χ0v) is 9.57. The summed E-state index contributed by atoms with van der Waals surface area (Å²) in [4.78, 5) is 2.32. The number of hydrogen-bond acceptors (Lipinski definition) is 3. The molecule has 2 heterocycles. The van der Waals surface area contributed by atoms with E-state index in [1.54, 1.807) is 0 Å². The van der Waals surface area contributed by atoms with Crippen molar-refractivity contribution in [3.63, 3.8) is 0 Å². The summed E-state index contributed by atoms with van der Waals surface area (Å²) < 4.78 is 5.70. The van der Waals surface area contributed by atoms with Crippen LogP contribution in [0.1, 0.15) is 36.8 Å². The number of rotatable bonds is 1. The van der Waals surface area contributed by atoms with Crippen molar-refractivity contribution in [2.75, 3.05) is 13.6 Å². The van der Waals surface area contributed by atoms with Crippen molar-refractivity contribution >= 4 is 0 Å². The lowest BCUT2D eigenvalue weighted by Gasteiger charge is -2.28. The first kappa shape index (κ1) is 10.7. The van der Waals surface area contributed by atoms with Crippen LogP contribution in [0.4, 0.5) is 0 Å². The number of hydrogen-bond donors (Lipinski definition) is 1. The highest BCUT2D eigenvalue weighted by molar-refractivity contribution is 5.12. The molecule has 84 valence electrons. The Kier molecular flexibility index (Phi) is 3.12. The molecule has 0 aromatic carbocycles. The Balaban J connectivity index is 2.23. The molecule has 2 atom stereocenters. The topological polar surface area (TPSA) is 42.4 Å². The lowest BCUT2D eigenvalue weighted by molar-refractivity contribution is 0.198. The van der Waals surface area contributed by atoms with Crippen LogP contribution in [0.25, 0.3) is 0 Å². The summed E-state index contributed by atoms with van der Waals surface area (Å²) in [5, 5.41) is 0. The number of furan rings is 1. The smallest absolute Gasteiger partial charge is 0.122 e. The first-order valence-corrected chi connectivity index (χ1v) is 5.70. The molecule has 3 nitrogen and oxygen atoms in total. The van der Waals surface area contributed by atoms with Gasteiger partial charge in [-0.3, -0.25) is 4.90 Å². The maximum atomic E-state index is 6.21. The van der Waals surface area contributed by atoms with Crippen molar-refractivity contribution < 1.29 is 4.42 Å². The summed E-state index contributed by atoms with van der Waals surface area (Å²) in [5.41, 5.74) is 6.21. The molecule has 0 bridgehead atoms. The molecule has 1 saturated heterocycles. The van der Waals surface area contributed by atoms with Gasteiger partial charge in [0, 0.05) is 6.04 Å². The normalized spacial score (nSPS) is 29.0. The predicted octanol–water partition coefficient (Wildman–Crippen LogP) is 2.07. The van der Waals surface area contributed by atoms with E-state index in [4.69, 9.17) is 10.2 Å². The van der Waals surface area contributed by atoms with Crippen molar-refractivity contribution in [2.45, 2.75) is 38.3 Å². The van der Waals surface area contributed by atoms with E-state index in [2.05, 4.69) is 18.0 Å². The fourth-order valence-electron chi connectivity index (χ4n) is 2.41. The molecule has 1 aromatic rings. The van der Waals surface area contributed by atoms with Gasteiger partial charge in [0.2, 0.25) is 0 Å². The van der Waals surface area contributed by atoms with Crippen molar-refractivity contribution in [1.82, 2.24) is 4.90 Å². The fraction of sp³-hybridized carbons (Fsp3) is 0.667. The van der Waals surface area contributed by atoms with Crippen LogP contribution in [0.5, 0.6) is 0 Å². The Morgan fingerprint density at radius 2 is 2.20 bits per heavy atom. The lowest BCUT2D eigenvalue weighted by atomic mass is 10.0. The van der Waals surface area contributed by atoms with Gasteiger partial charge in [0.25, 0.3) is 0 Å². The number of nitrogens with two attached hydrogens (primary N) is 1. The summed E-state index contributed by atoms with van der Waals surface area (Å²) in [5.74, 6) is 1.99. The SMILES string of the molecule is Cc1ccc(C2C(N)CCCCN2C)o1. The highest BCUT2D eigenvalue weighted by Crippen LogP contribution is 2.29. The fourth-order valence-corrected chi connectivity index (χ4v) is 2.41. The van der Waals surface area contributed by atoms with E-state index in [1.807, 2.05) is 13.0 Å². The van der Waals surface area contributed by atoms with Gasteiger partial charge >= 0.3 is 0 Å². The molecule has 2 unspecified atom stereocenters. The van der Waals surface area contributed by atoms with Gasteiger partial charge in [0.1, 0.15) is 11.5 Å². The zero-order chi connectivity index (χ0) is 10.8. The van der Waals surface area contributed by atoms with E-state index in [1.165, 1.54) is 12.8 Å². The van der Waals surface area contributed by atoms with Crippen LogP contribution in [0, 0.1) is 6.92 Å². The van der Waals surface area contributed by atoms with E-state index in [0.717, 1.165) is 24.5 Å². The summed E-state index contributed by atoms with van der Waals surface area (Å²) in [6.07, 6.45) is 3.55. The Bertz CT molecular complexity index is 309. The molecule has 0 saturated carbocycles. The number of likely N-dealkylation sites (N-methyl/N-ethyl adjacent to an activating group) is 1. The van der Waals surface area contributed by atoms with Gasteiger partial charge in [-0.2, -0.15) is 0 Å². The third-order valence-corrected chi connectivity index (χ3v) is 3.23. The molecule has 0 spiro atoms. The van der Waals surface area contributed by atoms with E-state index in [9.17, 15) is 0 Å². The Morgan fingerprint density at radius 1 is 1.40 bits per heavy atom. The van der Waals surface area contributed by atoms with Crippen molar-refractivity contribution in [3.8, 4) is 0 Å². The highest BCUT2D eigenvalue weighted by Gasteiger charge is 2.28. The van der Waals surface area contributed by atoms with Crippen LogP contribution in [0.15, 0.2) is 16.5 Å². The van der Waals surface area contributed by atoms with Gasteiger partial charge in [-0.25, -0.2) is 0 Å². The standard InChI is InChI=1S/C12H20N2O/c1-9-6-7-11(15-9)12-10(13)5-3-4-8-14(12)2/h6-7,10,12H,3-5,8,13H2,1-2H3. The molecular formula is C12H20N2O. The minimum atomic E-state index is 0.197. The zero-order valence-electron chi connectivity index (χ0n) is 9.57. The maximum Gasteiger partial charge on any atom is 0.122 e. The molecule has 15 heavy (non-hydrogen) atoms. The number of nitrogens with zero attached hydrogens (tertiary/aromatic N) is 1. The molecule has 1 fully saturated rings. The minimum absolute atomic E-state index is 0.197. The van der Waals surface area contributed by atoms with Gasteiger partial charge in [0.05, 0.1) is 6.04 Å². The molecule has 2 N–H and O–H groups in total. The summed E-state index contributed by atoms with van der Waals surface area (Å²) >= 11 is 0. The van der Waals surface area contributed by atoms with Crippen molar-refractivity contribution in [3.05, 3.63) is 23.7 Å². The first-order chi connectivity index (χ1) is 7.18. The molecule has 0 radical (unpaired) electrons. The van der Waals surface area contributed by atoms with Gasteiger partial charge in [-0.05, 0) is 45.5 Å². The molecular weight excluding hydrogens is 188 g/mol. The average Bonchev–Trinajstić information content (AvgIpc) is 2.52. The molecule has 2 rings (SSSR count). The Labute approximate surface area is 91.2 Å². The van der Waals surface area contributed by atoms with Crippen LogP contribution in [-0.2, 0) is 0 Å². The van der Waals surface area contributed by atoms with Crippen LogP contribution in [-0.4, -0.2) is 24.5 Å². The predicted molar refractivity (Wildman–Crippen MR) is 60.6 cm³/mol. The van der Waals surface area contributed by atoms with E-state index >= 15 is 0 Å². The maximum absolute atomic E-state index is 6.21. The third-order valence-electron chi connectivity index (χ3n) is 3.23. The number of likely N-dealkylation sites (tertiary alicyclic amines) is 1. The van der Waals surface area contributed by atoms with Gasteiger partial charge in [0.15, 0.2) is 0 Å². The second-order valence-corrected chi connectivity index (χ2v) is 4.53. The van der Waals surface area contributed by atoms with E-state index in [-0.39, 0.29) is 12.1 Å². The van der Waals surface area contributed by atoms with E-state index in [0.29, 0.717) is 0 Å². The Morgan fingerprint density at radius 3 is 2.87 bits per heavy atom. The molecule has 1 aliphatic heterocycles. The Hall–Kier alpha value is -0.800. The highest BCUT2D eigenvalue weighted by atomic mass is 16.3. The second kappa shape index (κ2) is 4.37. The third kappa shape index (κ3) is 2.24. The van der Waals surface area contributed by atoms with Crippen LogP contribution >= 0.6 is 0 Å². The quantitative estimate of drug-likeness (QED) is 0.768. The molecule has 1 aliphatic rings. The average molecular weight is 208 g/mol. The molecule has 3 heteroatoms. The molecule has 0 amide bonds. The lowest BCUT2D eigenvalue weighted by Crippen LogP contribution is -2.37. The van der Waals surface area contributed by atoms with Gasteiger partial charge < -0.3 is 10.2 Å². The van der Waals surface area contributed by atoms with Crippen molar-refractivity contribution in [2.24, 2.45) is 5.73 Å². The molecule has 0 aliphatic carbocycles. The monoisotopic (exact) mass is 208 g/mol. The van der Waals surface area contributed by atoms with Crippen LogP contribution in [0.3, 0.4) is 0 Å². The van der Waals surface area contributed by atoms with Gasteiger partial charge in [-0.15, -0.1) is 0 Å². The van der Waals surface area contributed by atoms with Gasteiger partial charge in [-0.1, -0.05) is 6.42 Å². The first-order valence-electron chi connectivity index (χ1n) is 5.70. The minimum Gasteiger partial charge on any atom is -0.465 e. The van der Waals surface area contributed by atoms with Crippen molar-refractivity contribution in [1.29, 1.82) is 0 Å². The summed E-state index contributed by atoms with van der Waals surface area (Å²) in [6.45, 7) is 3.09. The number of aryl methyl sites for hydroxylation is 1. The summed E-state index contributed by atoms with van der Waals surface area (Å²) in [6, 6.07) is 4.52.